The lowest BCUT2D eigenvalue weighted by Gasteiger charge is -2.20. The highest BCUT2D eigenvalue weighted by atomic mass is 32.2. The lowest BCUT2D eigenvalue weighted by molar-refractivity contribution is 0.102. The minimum absolute atomic E-state index is 0.179. The predicted molar refractivity (Wildman–Crippen MR) is 120 cm³/mol. The van der Waals surface area contributed by atoms with Gasteiger partial charge in [0.15, 0.2) is 0 Å². The van der Waals surface area contributed by atoms with Crippen molar-refractivity contribution in [3.63, 3.8) is 0 Å². The van der Waals surface area contributed by atoms with E-state index in [2.05, 4.69) is 5.32 Å². The lowest BCUT2D eigenvalue weighted by atomic mass is 10.1. The zero-order valence-electron chi connectivity index (χ0n) is 17.1. The number of amides is 1. The fourth-order valence-corrected chi connectivity index (χ4v) is 5.51. The molecule has 156 valence electrons. The molecule has 0 aromatic heterocycles. The van der Waals surface area contributed by atoms with E-state index in [4.69, 9.17) is 0 Å². The van der Waals surface area contributed by atoms with Crippen LogP contribution in [0, 0.1) is 6.92 Å². The van der Waals surface area contributed by atoms with Gasteiger partial charge in [-0.2, -0.15) is 4.31 Å². The van der Waals surface area contributed by atoms with E-state index in [-0.39, 0.29) is 10.8 Å². The van der Waals surface area contributed by atoms with Crippen molar-refractivity contribution >= 4 is 32.4 Å². The van der Waals surface area contributed by atoms with Crippen LogP contribution in [0.15, 0.2) is 65.6 Å². The molecule has 0 aliphatic carbocycles. The summed E-state index contributed by atoms with van der Waals surface area (Å²) < 4.78 is 27.9. The van der Waals surface area contributed by atoms with Crippen LogP contribution in [0.2, 0.25) is 0 Å². The first-order valence-corrected chi connectivity index (χ1v) is 11.8. The van der Waals surface area contributed by atoms with Gasteiger partial charge in [0.1, 0.15) is 0 Å². The Bertz CT molecular complexity index is 1170. The molecule has 3 aromatic rings. The number of fused-ring (bicyclic) bond motifs is 1. The van der Waals surface area contributed by atoms with Crippen LogP contribution in [0.25, 0.3) is 10.8 Å². The van der Waals surface area contributed by atoms with Gasteiger partial charge in [-0.15, -0.1) is 0 Å². The number of rotatable bonds is 4. The number of carbonyl (C=O) groups is 1. The molecular formula is C24H26N2O3S. The van der Waals surface area contributed by atoms with Crippen molar-refractivity contribution < 1.29 is 13.2 Å². The first-order valence-electron chi connectivity index (χ1n) is 10.4. The Morgan fingerprint density at radius 1 is 0.900 bits per heavy atom. The van der Waals surface area contributed by atoms with Gasteiger partial charge in [0, 0.05) is 29.7 Å². The minimum Gasteiger partial charge on any atom is -0.321 e. The molecule has 0 unspecified atom stereocenters. The van der Waals surface area contributed by atoms with E-state index in [0.29, 0.717) is 24.3 Å². The third kappa shape index (κ3) is 4.11. The van der Waals surface area contributed by atoms with Crippen LogP contribution < -0.4 is 5.32 Å². The molecule has 1 N–H and O–H groups in total. The van der Waals surface area contributed by atoms with Crippen molar-refractivity contribution in [1.29, 1.82) is 0 Å². The normalized spacial score (nSPS) is 15.6. The molecule has 0 spiro atoms. The smallest absolute Gasteiger partial charge is 0.255 e. The van der Waals surface area contributed by atoms with Crippen LogP contribution in [-0.2, 0) is 10.0 Å². The predicted octanol–water partition coefficient (Wildman–Crippen LogP) is 4.97. The van der Waals surface area contributed by atoms with Gasteiger partial charge in [-0.1, -0.05) is 55.3 Å². The summed E-state index contributed by atoms with van der Waals surface area (Å²) in [6.07, 6.45) is 3.86. The van der Waals surface area contributed by atoms with Crippen molar-refractivity contribution in [2.24, 2.45) is 0 Å². The van der Waals surface area contributed by atoms with Crippen molar-refractivity contribution in [3.05, 3.63) is 71.8 Å². The summed E-state index contributed by atoms with van der Waals surface area (Å²) >= 11 is 0. The minimum atomic E-state index is -3.61. The van der Waals surface area contributed by atoms with Crippen molar-refractivity contribution in [2.45, 2.75) is 37.5 Å². The fraction of sp³-hybridized carbons (Fsp3) is 0.292. The van der Waals surface area contributed by atoms with Gasteiger partial charge < -0.3 is 5.32 Å². The highest BCUT2D eigenvalue weighted by Gasteiger charge is 2.26. The molecular weight excluding hydrogens is 396 g/mol. The number of carbonyl (C=O) groups excluding carboxylic acids is 1. The molecule has 1 saturated heterocycles. The highest BCUT2D eigenvalue weighted by molar-refractivity contribution is 7.89. The van der Waals surface area contributed by atoms with E-state index in [0.717, 1.165) is 42.0 Å². The molecule has 1 amide bonds. The Morgan fingerprint density at radius 2 is 1.60 bits per heavy atom. The number of nitrogens with one attached hydrogen (secondary N) is 1. The summed E-state index contributed by atoms with van der Waals surface area (Å²) in [4.78, 5) is 13.2. The maximum atomic E-state index is 13.2. The molecule has 30 heavy (non-hydrogen) atoms. The molecule has 1 heterocycles. The SMILES string of the molecule is Cc1ccc(S(=O)(=O)N2CCCCCC2)cc1C(=O)Nc1cccc2ccccc12. The number of hydrogen-bond acceptors (Lipinski definition) is 3. The van der Waals surface area contributed by atoms with Gasteiger partial charge in [-0.25, -0.2) is 8.42 Å². The van der Waals surface area contributed by atoms with Gasteiger partial charge >= 0.3 is 0 Å². The Kier molecular flexibility index (Phi) is 5.88. The molecule has 0 radical (unpaired) electrons. The quantitative estimate of drug-likeness (QED) is 0.646. The Balaban J connectivity index is 1.65. The average Bonchev–Trinajstić information content (AvgIpc) is 3.04. The Labute approximate surface area is 177 Å². The third-order valence-corrected chi connectivity index (χ3v) is 7.59. The van der Waals surface area contributed by atoms with E-state index in [9.17, 15) is 13.2 Å². The summed E-state index contributed by atoms with van der Waals surface area (Å²) in [5.41, 5.74) is 1.82. The molecule has 0 atom stereocenters. The molecule has 0 saturated carbocycles. The average molecular weight is 423 g/mol. The van der Waals surface area contributed by atoms with Crippen molar-refractivity contribution in [3.8, 4) is 0 Å². The zero-order valence-corrected chi connectivity index (χ0v) is 17.9. The van der Waals surface area contributed by atoms with Crippen molar-refractivity contribution in [1.82, 2.24) is 4.31 Å². The van der Waals surface area contributed by atoms with Crippen LogP contribution in [-0.4, -0.2) is 31.7 Å². The largest absolute Gasteiger partial charge is 0.321 e. The van der Waals surface area contributed by atoms with Crippen LogP contribution >= 0.6 is 0 Å². The molecule has 5 nitrogen and oxygen atoms in total. The molecule has 6 heteroatoms. The van der Waals surface area contributed by atoms with Gasteiger partial charge in [0.2, 0.25) is 10.0 Å². The van der Waals surface area contributed by atoms with Crippen LogP contribution in [0.5, 0.6) is 0 Å². The summed E-state index contributed by atoms with van der Waals surface area (Å²) in [6, 6.07) is 18.4. The van der Waals surface area contributed by atoms with E-state index < -0.39 is 10.0 Å². The topological polar surface area (TPSA) is 66.5 Å². The molecule has 4 rings (SSSR count). The molecule has 0 bridgehead atoms. The van der Waals surface area contributed by atoms with E-state index in [1.165, 1.54) is 6.07 Å². The van der Waals surface area contributed by atoms with Gasteiger partial charge in [-0.3, -0.25) is 4.79 Å². The summed E-state index contributed by atoms with van der Waals surface area (Å²) in [5, 5.41) is 4.94. The van der Waals surface area contributed by atoms with Crippen LogP contribution in [0.4, 0.5) is 5.69 Å². The molecule has 1 aliphatic rings. The first-order chi connectivity index (χ1) is 14.5. The zero-order chi connectivity index (χ0) is 21.1. The Hall–Kier alpha value is -2.70. The van der Waals surface area contributed by atoms with Crippen molar-refractivity contribution in [2.75, 3.05) is 18.4 Å². The van der Waals surface area contributed by atoms with Crippen LogP contribution in [0.1, 0.15) is 41.6 Å². The lowest BCUT2D eigenvalue weighted by Crippen LogP contribution is -2.32. The number of sulfonamides is 1. The summed E-state index contributed by atoms with van der Waals surface area (Å²) in [7, 11) is -3.61. The standard InChI is InChI=1S/C24H26N2O3S/c1-18-13-14-20(30(28,29)26-15-6-2-3-7-16-26)17-22(18)24(27)25-23-12-8-10-19-9-4-5-11-21(19)23/h4-5,8-14,17H,2-3,6-7,15-16H2,1H3,(H,25,27). The van der Waals surface area contributed by atoms with E-state index >= 15 is 0 Å². The van der Waals surface area contributed by atoms with Gasteiger partial charge in [0.25, 0.3) is 5.91 Å². The fourth-order valence-electron chi connectivity index (χ4n) is 3.96. The summed E-state index contributed by atoms with van der Waals surface area (Å²) in [6.45, 7) is 2.89. The maximum absolute atomic E-state index is 13.2. The molecule has 1 aliphatic heterocycles. The number of benzene rings is 3. The molecule has 3 aromatic carbocycles. The van der Waals surface area contributed by atoms with E-state index in [1.54, 1.807) is 16.4 Å². The highest BCUT2D eigenvalue weighted by Crippen LogP contribution is 2.26. The number of nitrogens with zero attached hydrogens (tertiary/aromatic N) is 1. The maximum Gasteiger partial charge on any atom is 0.255 e. The first kappa shape index (κ1) is 20.6. The molecule has 1 fully saturated rings. The van der Waals surface area contributed by atoms with E-state index in [1.807, 2.05) is 49.4 Å². The monoisotopic (exact) mass is 422 g/mol. The van der Waals surface area contributed by atoms with Gasteiger partial charge in [0.05, 0.1) is 4.90 Å². The number of anilines is 1. The number of hydrogen-bond donors (Lipinski definition) is 1. The van der Waals surface area contributed by atoms with Gasteiger partial charge in [-0.05, 0) is 48.9 Å². The second kappa shape index (κ2) is 8.58. The number of aryl methyl sites for hydroxylation is 1. The second-order valence-electron chi connectivity index (χ2n) is 7.78. The second-order valence-corrected chi connectivity index (χ2v) is 9.71. The third-order valence-electron chi connectivity index (χ3n) is 5.69. The summed E-state index contributed by atoms with van der Waals surface area (Å²) in [5.74, 6) is -0.309. The Morgan fingerprint density at radius 3 is 2.37 bits per heavy atom. The van der Waals surface area contributed by atoms with Crippen LogP contribution in [0.3, 0.4) is 0 Å².